The van der Waals surface area contributed by atoms with Gasteiger partial charge in [-0.1, -0.05) is 60.7 Å². The van der Waals surface area contributed by atoms with Crippen molar-refractivity contribution in [1.29, 1.82) is 0 Å². The maximum Gasteiger partial charge on any atom is 0.123 e. The lowest BCUT2D eigenvalue weighted by Gasteiger charge is -2.06. The predicted molar refractivity (Wildman–Crippen MR) is 89.1 cm³/mol. The average Bonchev–Trinajstić information content (AvgIpc) is 2.95. The Labute approximate surface area is 128 Å². The molecule has 1 N–H and O–H groups in total. The first-order chi connectivity index (χ1) is 10.8. The van der Waals surface area contributed by atoms with Gasteiger partial charge in [-0.05, 0) is 23.8 Å². The van der Waals surface area contributed by atoms with E-state index in [1.807, 2.05) is 42.5 Å². The third kappa shape index (κ3) is 2.09. The molecule has 0 fully saturated rings. The van der Waals surface area contributed by atoms with Crippen molar-refractivity contribution in [2.24, 2.45) is 0 Å². The second kappa shape index (κ2) is 5.15. The number of rotatable bonds is 2. The first-order valence-electron chi connectivity index (χ1n) is 7.25. The topological polar surface area (TPSA) is 15.8 Å². The highest BCUT2D eigenvalue weighted by atomic mass is 19.1. The molecule has 0 saturated heterocycles. The molecule has 4 rings (SSSR count). The van der Waals surface area contributed by atoms with Crippen LogP contribution < -0.4 is 0 Å². The van der Waals surface area contributed by atoms with E-state index in [-0.39, 0.29) is 5.82 Å². The van der Waals surface area contributed by atoms with Gasteiger partial charge in [0.25, 0.3) is 0 Å². The van der Waals surface area contributed by atoms with Crippen LogP contribution in [0.4, 0.5) is 4.39 Å². The van der Waals surface area contributed by atoms with Crippen LogP contribution in [0.2, 0.25) is 0 Å². The molecule has 22 heavy (non-hydrogen) atoms. The van der Waals surface area contributed by atoms with Crippen molar-refractivity contribution in [1.82, 2.24) is 4.98 Å². The zero-order valence-corrected chi connectivity index (χ0v) is 11.9. The smallest absolute Gasteiger partial charge is 0.123 e. The van der Waals surface area contributed by atoms with Gasteiger partial charge in [0.05, 0.1) is 5.69 Å². The Balaban J connectivity index is 2.06. The molecule has 0 spiro atoms. The quantitative estimate of drug-likeness (QED) is 0.491. The Hall–Kier alpha value is -2.87. The van der Waals surface area contributed by atoms with E-state index in [1.54, 1.807) is 12.1 Å². The van der Waals surface area contributed by atoms with Gasteiger partial charge in [0.15, 0.2) is 0 Å². The van der Waals surface area contributed by atoms with E-state index in [1.165, 1.54) is 6.07 Å². The molecule has 0 aliphatic carbocycles. The van der Waals surface area contributed by atoms with Gasteiger partial charge in [0.1, 0.15) is 5.82 Å². The number of hydrogen-bond donors (Lipinski definition) is 1. The minimum absolute atomic E-state index is 0.227. The zero-order valence-electron chi connectivity index (χ0n) is 11.9. The molecule has 0 aliphatic rings. The molecule has 1 heterocycles. The van der Waals surface area contributed by atoms with Crippen LogP contribution in [-0.2, 0) is 0 Å². The maximum atomic E-state index is 13.6. The van der Waals surface area contributed by atoms with Gasteiger partial charge in [-0.25, -0.2) is 4.39 Å². The summed E-state index contributed by atoms with van der Waals surface area (Å²) in [6.45, 7) is 0. The fourth-order valence-corrected chi connectivity index (χ4v) is 2.91. The SMILES string of the molecule is Fc1cccc(-c2[nH]c3ccccc3c2-c2ccccc2)c1. The average molecular weight is 287 g/mol. The normalized spacial score (nSPS) is 11.0. The summed E-state index contributed by atoms with van der Waals surface area (Å²) in [4.78, 5) is 3.44. The van der Waals surface area contributed by atoms with Crippen molar-refractivity contribution in [2.45, 2.75) is 0 Å². The summed E-state index contributed by atoms with van der Waals surface area (Å²) in [7, 11) is 0. The van der Waals surface area contributed by atoms with Crippen LogP contribution in [0.5, 0.6) is 0 Å². The number of fused-ring (bicyclic) bond motifs is 1. The molecule has 0 unspecified atom stereocenters. The molecular formula is C20H14FN. The van der Waals surface area contributed by atoms with E-state index in [9.17, 15) is 4.39 Å². The molecule has 3 aromatic carbocycles. The standard InChI is InChI=1S/C20H14FN/c21-16-10-6-9-15(13-16)20-19(14-7-2-1-3-8-14)17-11-4-5-12-18(17)22-20/h1-13,22H. The van der Waals surface area contributed by atoms with Crippen molar-refractivity contribution < 1.29 is 4.39 Å². The Kier molecular flexibility index (Phi) is 3.01. The molecule has 0 amide bonds. The highest BCUT2D eigenvalue weighted by Crippen LogP contribution is 2.38. The van der Waals surface area contributed by atoms with Crippen LogP contribution in [0, 0.1) is 5.82 Å². The number of aromatic nitrogens is 1. The number of H-pyrrole nitrogens is 1. The highest BCUT2D eigenvalue weighted by molar-refractivity contribution is 6.03. The van der Waals surface area contributed by atoms with E-state index in [0.29, 0.717) is 0 Å². The molecule has 0 aliphatic heterocycles. The van der Waals surface area contributed by atoms with Gasteiger partial charge < -0.3 is 4.98 Å². The van der Waals surface area contributed by atoms with Crippen LogP contribution >= 0.6 is 0 Å². The molecular weight excluding hydrogens is 273 g/mol. The van der Waals surface area contributed by atoms with Crippen LogP contribution in [0.1, 0.15) is 0 Å². The summed E-state index contributed by atoms with van der Waals surface area (Å²) in [6.07, 6.45) is 0. The van der Waals surface area contributed by atoms with Crippen molar-refractivity contribution in [2.75, 3.05) is 0 Å². The van der Waals surface area contributed by atoms with Crippen molar-refractivity contribution in [3.05, 3.63) is 84.7 Å². The predicted octanol–water partition coefficient (Wildman–Crippen LogP) is 5.64. The van der Waals surface area contributed by atoms with Crippen LogP contribution in [-0.4, -0.2) is 4.98 Å². The number of para-hydroxylation sites is 1. The van der Waals surface area contributed by atoms with E-state index < -0.39 is 0 Å². The van der Waals surface area contributed by atoms with Crippen molar-refractivity contribution in [3.63, 3.8) is 0 Å². The van der Waals surface area contributed by atoms with E-state index >= 15 is 0 Å². The molecule has 1 aromatic heterocycles. The van der Waals surface area contributed by atoms with Gasteiger partial charge in [-0.2, -0.15) is 0 Å². The fraction of sp³-hybridized carbons (Fsp3) is 0. The van der Waals surface area contributed by atoms with E-state index in [0.717, 1.165) is 33.3 Å². The first-order valence-corrected chi connectivity index (χ1v) is 7.25. The van der Waals surface area contributed by atoms with Gasteiger partial charge in [-0.15, -0.1) is 0 Å². The molecule has 1 nitrogen and oxygen atoms in total. The van der Waals surface area contributed by atoms with E-state index in [2.05, 4.69) is 23.2 Å². The summed E-state index contributed by atoms with van der Waals surface area (Å²) in [5, 5.41) is 1.15. The van der Waals surface area contributed by atoms with Crippen LogP contribution in [0.3, 0.4) is 0 Å². The first kappa shape index (κ1) is 12.8. The Bertz CT molecular complexity index is 938. The Morgan fingerprint density at radius 3 is 2.23 bits per heavy atom. The van der Waals surface area contributed by atoms with Crippen molar-refractivity contribution >= 4 is 10.9 Å². The minimum atomic E-state index is -0.227. The summed E-state index contributed by atoms with van der Waals surface area (Å²) >= 11 is 0. The largest absolute Gasteiger partial charge is 0.354 e. The molecule has 0 bridgehead atoms. The molecule has 0 radical (unpaired) electrons. The van der Waals surface area contributed by atoms with Crippen molar-refractivity contribution in [3.8, 4) is 22.4 Å². The van der Waals surface area contributed by atoms with Gasteiger partial charge >= 0.3 is 0 Å². The monoisotopic (exact) mass is 287 g/mol. The number of aromatic amines is 1. The summed E-state index contributed by atoms with van der Waals surface area (Å²) in [5.41, 5.74) is 5.10. The Morgan fingerprint density at radius 1 is 0.682 bits per heavy atom. The number of nitrogens with one attached hydrogen (secondary N) is 1. The number of halogens is 1. The molecule has 4 aromatic rings. The fourth-order valence-electron chi connectivity index (χ4n) is 2.91. The third-order valence-electron chi connectivity index (χ3n) is 3.88. The third-order valence-corrected chi connectivity index (χ3v) is 3.88. The summed E-state index contributed by atoms with van der Waals surface area (Å²) in [6, 6.07) is 25.1. The van der Waals surface area contributed by atoms with Gasteiger partial charge in [0.2, 0.25) is 0 Å². The second-order valence-corrected chi connectivity index (χ2v) is 5.30. The molecule has 2 heteroatoms. The van der Waals surface area contributed by atoms with Gasteiger partial charge in [0, 0.05) is 22.0 Å². The van der Waals surface area contributed by atoms with Crippen LogP contribution in [0.15, 0.2) is 78.9 Å². The van der Waals surface area contributed by atoms with Crippen LogP contribution in [0.25, 0.3) is 33.3 Å². The lowest BCUT2D eigenvalue weighted by molar-refractivity contribution is 0.628. The lowest BCUT2D eigenvalue weighted by Crippen LogP contribution is -1.84. The number of benzene rings is 3. The molecule has 0 saturated carbocycles. The second-order valence-electron chi connectivity index (χ2n) is 5.30. The lowest BCUT2D eigenvalue weighted by atomic mass is 9.98. The zero-order chi connectivity index (χ0) is 14.9. The summed E-state index contributed by atoms with van der Waals surface area (Å²) in [5.74, 6) is -0.227. The molecule has 106 valence electrons. The van der Waals surface area contributed by atoms with E-state index in [4.69, 9.17) is 0 Å². The maximum absolute atomic E-state index is 13.6. The minimum Gasteiger partial charge on any atom is -0.354 e. The summed E-state index contributed by atoms with van der Waals surface area (Å²) < 4.78 is 13.6. The number of hydrogen-bond acceptors (Lipinski definition) is 0. The molecule has 0 atom stereocenters. The van der Waals surface area contributed by atoms with Gasteiger partial charge in [-0.3, -0.25) is 0 Å². The Morgan fingerprint density at radius 2 is 1.41 bits per heavy atom. The highest BCUT2D eigenvalue weighted by Gasteiger charge is 2.14.